The van der Waals surface area contributed by atoms with E-state index in [4.69, 9.17) is 9.84 Å². The minimum absolute atomic E-state index is 0.353. The van der Waals surface area contributed by atoms with Crippen molar-refractivity contribution in [1.82, 2.24) is 9.91 Å². The number of ether oxygens (including phenoxy) is 1. The van der Waals surface area contributed by atoms with Crippen molar-refractivity contribution in [1.29, 1.82) is 0 Å². The number of piperazine rings is 1. The molecular formula is C26H27N3O. The molecule has 1 aliphatic carbocycles. The van der Waals surface area contributed by atoms with Gasteiger partial charge in [-0.3, -0.25) is 9.91 Å². The number of hydrazone groups is 1. The minimum atomic E-state index is 0.353. The van der Waals surface area contributed by atoms with Gasteiger partial charge in [-0.1, -0.05) is 60.7 Å². The summed E-state index contributed by atoms with van der Waals surface area (Å²) in [5.74, 6) is 0.893. The molecule has 1 heterocycles. The molecular weight excluding hydrogens is 370 g/mol. The van der Waals surface area contributed by atoms with Gasteiger partial charge in [-0.25, -0.2) is 0 Å². The molecule has 0 atom stereocenters. The summed E-state index contributed by atoms with van der Waals surface area (Å²) in [6.07, 6.45) is 1.94. The van der Waals surface area contributed by atoms with Gasteiger partial charge in [-0.2, -0.15) is 5.10 Å². The van der Waals surface area contributed by atoms with Gasteiger partial charge >= 0.3 is 0 Å². The average Bonchev–Trinajstić information content (AvgIpc) is 3.13. The highest BCUT2D eigenvalue weighted by Crippen LogP contribution is 2.46. The van der Waals surface area contributed by atoms with Crippen molar-refractivity contribution < 1.29 is 4.74 Å². The van der Waals surface area contributed by atoms with Gasteiger partial charge in [-0.15, -0.1) is 0 Å². The highest BCUT2D eigenvalue weighted by atomic mass is 16.5. The fourth-order valence-corrected chi connectivity index (χ4v) is 4.61. The quantitative estimate of drug-likeness (QED) is 0.579. The Kier molecular flexibility index (Phi) is 5.24. The molecule has 152 valence electrons. The summed E-state index contributed by atoms with van der Waals surface area (Å²) in [4.78, 5) is 2.60. The monoisotopic (exact) mass is 397 g/mol. The van der Waals surface area contributed by atoms with E-state index in [1.807, 2.05) is 31.3 Å². The summed E-state index contributed by atoms with van der Waals surface area (Å²) in [6.45, 7) is 6.55. The van der Waals surface area contributed by atoms with Gasteiger partial charge in [0.1, 0.15) is 5.75 Å². The fourth-order valence-electron chi connectivity index (χ4n) is 4.61. The van der Waals surface area contributed by atoms with E-state index in [2.05, 4.69) is 64.5 Å². The Morgan fingerprint density at radius 3 is 2.20 bits per heavy atom. The Morgan fingerprint density at radius 2 is 1.53 bits per heavy atom. The molecule has 3 aromatic carbocycles. The molecule has 0 radical (unpaired) electrons. The third kappa shape index (κ3) is 3.59. The molecule has 1 saturated heterocycles. The first-order valence-electron chi connectivity index (χ1n) is 10.8. The summed E-state index contributed by atoms with van der Waals surface area (Å²) in [5, 5.41) is 6.91. The van der Waals surface area contributed by atoms with Crippen LogP contribution in [0.25, 0.3) is 11.1 Å². The molecule has 0 amide bonds. The van der Waals surface area contributed by atoms with E-state index in [1.54, 1.807) is 0 Å². The lowest BCUT2D eigenvalue weighted by Crippen LogP contribution is -2.45. The summed E-state index contributed by atoms with van der Waals surface area (Å²) < 4.78 is 5.58. The molecule has 5 rings (SSSR count). The summed E-state index contributed by atoms with van der Waals surface area (Å²) >= 11 is 0. The van der Waals surface area contributed by atoms with Gasteiger partial charge < -0.3 is 4.74 Å². The van der Waals surface area contributed by atoms with Crippen molar-refractivity contribution in [2.75, 3.05) is 32.8 Å². The number of fused-ring (bicyclic) bond motifs is 3. The van der Waals surface area contributed by atoms with Crippen LogP contribution in [0.5, 0.6) is 5.75 Å². The van der Waals surface area contributed by atoms with Gasteiger partial charge in [0.05, 0.1) is 18.9 Å². The molecule has 0 aromatic heterocycles. The predicted octanol–water partition coefficient (Wildman–Crippen LogP) is 4.81. The van der Waals surface area contributed by atoms with Gasteiger partial charge in [0.25, 0.3) is 0 Å². The molecule has 0 N–H and O–H groups in total. The molecule has 30 heavy (non-hydrogen) atoms. The summed E-state index contributed by atoms with van der Waals surface area (Å²) in [5.41, 5.74) is 6.70. The zero-order chi connectivity index (χ0) is 20.3. The van der Waals surface area contributed by atoms with E-state index in [0.717, 1.165) is 37.5 Å². The lowest BCUT2D eigenvalue weighted by molar-refractivity contribution is 0.114. The maximum atomic E-state index is 5.58. The second-order valence-corrected chi connectivity index (χ2v) is 7.82. The van der Waals surface area contributed by atoms with Crippen LogP contribution in [0.1, 0.15) is 29.7 Å². The second kappa shape index (κ2) is 8.33. The van der Waals surface area contributed by atoms with Gasteiger partial charge in [-0.05, 0) is 46.9 Å². The van der Waals surface area contributed by atoms with Crippen molar-refractivity contribution in [3.05, 3.63) is 89.5 Å². The van der Waals surface area contributed by atoms with Crippen molar-refractivity contribution in [2.24, 2.45) is 5.10 Å². The Hall–Kier alpha value is -3.11. The second-order valence-electron chi connectivity index (χ2n) is 7.82. The zero-order valence-electron chi connectivity index (χ0n) is 17.4. The van der Waals surface area contributed by atoms with Gasteiger partial charge in [0.15, 0.2) is 0 Å². The Bertz CT molecular complexity index is 1010. The topological polar surface area (TPSA) is 28.1 Å². The molecule has 0 unspecified atom stereocenters. The van der Waals surface area contributed by atoms with Crippen LogP contribution >= 0.6 is 0 Å². The fraction of sp³-hybridized carbons (Fsp3) is 0.269. The lowest BCUT2D eigenvalue weighted by Gasteiger charge is -2.37. The largest absolute Gasteiger partial charge is 0.494 e. The lowest BCUT2D eigenvalue weighted by atomic mass is 10.0. The third-order valence-corrected chi connectivity index (χ3v) is 6.00. The van der Waals surface area contributed by atoms with Crippen LogP contribution in [0.15, 0.2) is 77.9 Å². The van der Waals surface area contributed by atoms with Crippen LogP contribution in [0, 0.1) is 0 Å². The van der Waals surface area contributed by atoms with Gasteiger partial charge in [0, 0.05) is 26.2 Å². The first-order chi connectivity index (χ1) is 14.8. The van der Waals surface area contributed by atoms with E-state index in [1.165, 1.54) is 22.3 Å². The molecule has 0 spiro atoms. The molecule has 0 saturated carbocycles. The van der Waals surface area contributed by atoms with E-state index in [-0.39, 0.29) is 0 Å². The number of hydrogen-bond acceptors (Lipinski definition) is 4. The maximum Gasteiger partial charge on any atom is 0.119 e. The Morgan fingerprint density at radius 1 is 0.867 bits per heavy atom. The maximum absolute atomic E-state index is 5.58. The number of hydrogen-bond donors (Lipinski definition) is 0. The van der Waals surface area contributed by atoms with E-state index < -0.39 is 0 Å². The SMILES string of the molecule is CCOc1cccc(/C=N\N2CCN(C3c4ccccc4-c4ccccc43)CC2)c1. The first-order valence-corrected chi connectivity index (χ1v) is 10.8. The summed E-state index contributed by atoms with van der Waals surface area (Å²) in [6, 6.07) is 26.1. The number of nitrogens with zero attached hydrogens (tertiary/aromatic N) is 3. The molecule has 4 nitrogen and oxygen atoms in total. The van der Waals surface area contributed by atoms with Crippen LogP contribution in [0.4, 0.5) is 0 Å². The van der Waals surface area contributed by atoms with Crippen molar-refractivity contribution in [3.8, 4) is 16.9 Å². The van der Waals surface area contributed by atoms with E-state index in [9.17, 15) is 0 Å². The van der Waals surface area contributed by atoms with Crippen molar-refractivity contribution in [2.45, 2.75) is 13.0 Å². The predicted molar refractivity (Wildman–Crippen MR) is 122 cm³/mol. The standard InChI is InChI=1S/C26H27N3O/c1-2-30-21-9-7-8-20(18-21)19-27-29-16-14-28(15-17-29)26-24-12-5-3-10-22(24)23-11-4-6-13-25(23)26/h3-13,18-19,26H,2,14-17H2,1H3/b27-19-. The van der Waals surface area contributed by atoms with E-state index in [0.29, 0.717) is 12.6 Å². The van der Waals surface area contributed by atoms with Crippen LogP contribution in [0.2, 0.25) is 0 Å². The molecule has 1 fully saturated rings. The smallest absolute Gasteiger partial charge is 0.119 e. The van der Waals surface area contributed by atoms with Crippen LogP contribution in [-0.2, 0) is 0 Å². The van der Waals surface area contributed by atoms with E-state index >= 15 is 0 Å². The Labute approximate surface area is 178 Å². The third-order valence-electron chi connectivity index (χ3n) is 6.00. The normalized spacial score (nSPS) is 16.6. The zero-order valence-corrected chi connectivity index (χ0v) is 17.4. The molecule has 0 bridgehead atoms. The van der Waals surface area contributed by atoms with Crippen molar-refractivity contribution >= 4 is 6.21 Å². The van der Waals surface area contributed by atoms with Crippen molar-refractivity contribution in [3.63, 3.8) is 0 Å². The Balaban J connectivity index is 1.28. The first kappa shape index (κ1) is 18.9. The minimum Gasteiger partial charge on any atom is -0.494 e. The van der Waals surface area contributed by atoms with Crippen LogP contribution in [-0.4, -0.2) is 48.9 Å². The van der Waals surface area contributed by atoms with Crippen LogP contribution in [0.3, 0.4) is 0 Å². The molecule has 3 aromatic rings. The highest BCUT2D eigenvalue weighted by Gasteiger charge is 2.33. The number of rotatable bonds is 5. The molecule has 2 aliphatic rings. The average molecular weight is 398 g/mol. The molecule has 4 heteroatoms. The highest BCUT2D eigenvalue weighted by molar-refractivity contribution is 5.80. The molecule has 1 aliphatic heterocycles. The van der Waals surface area contributed by atoms with Crippen LogP contribution < -0.4 is 4.74 Å². The summed E-state index contributed by atoms with van der Waals surface area (Å²) in [7, 11) is 0. The van der Waals surface area contributed by atoms with Gasteiger partial charge in [0.2, 0.25) is 0 Å². The number of benzene rings is 3.